The Morgan fingerprint density at radius 2 is 1.89 bits per heavy atom. The maximum absolute atomic E-state index is 9.87. The number of nitriles is 1. The number of hydrogen-bond donors (Lipinski definition) is 2. The molecule has 1 aliphatic heterocycles. The molecule has 4 heterocycles. The first-order valence-corrected chi connectivity index (χ1v) is 12.1. The molecule has 1 aromatic carbocycles. The van der Waals surface area contributed by atoms with Crippen molar-refractivity contribution in [3.63, 3.8) is 0 Å². The predicted molar refractivity (Wildman–Crippen MR) is 137 cm³/mol. The number of rotatable bonds is 6. The van der Waals surface area contributed by atoms with Crippen LogP contribution >= 0.6 is 0 Å². The van der Waals surface area contributed by atoms with Gasteiger partial charge in [0, 0.05) is 29.9 Å². The number of benzene rings is 1. The molecular weight excluding hydrogens is 436 g/mol. The molecule has 174 valence electrons. The van der Waals surface area contributed by atoms with E-state index in [1.54, 1.807) is 18.3 Å². The summed E-state index contributed by atoms with van der Waals surface area (Å²) in [6.45, 7) is 1.04. The summed E-state index contributed by atoms with van der Waals surface area (Å²) >= 11 is 0. The Kier molecular flexibility index (Phi) is 5.51. The monoisotopic (exact) mass is 462 g/mol. The van der Waals surface area contributed by atoms with E-state index in [-0.39, 0.29) is 12.6 Å². The molecular formula is C28H26N6O. The Bertz CT molecular complexity index is 1440. The third-order valence-electron chi connectivity index (χ3n) is 6.94. The average Bonchev–Trinajstić information content (AvgIpc) is 3.65. The van der Waals surface area contributed by atoms with E-state index in [4.69, 9.17) is 9.97 Å². The number of nitrogens with one attached hydrogen (secondary N) is 1. The van der Waals surface area contributed by atoms with Crippen LogP contribution in [0, 0.1) is 11.3 Å². The first-order valence-electron chi connectivity index (χ1n) is 12.1. The molecule has 0 unspecified atom stereocenters. The normalized spacial score (nSPS) is 17.5. The molecule has 2 fully saturated rings. The first-order chi connectivity index (χ1) is 17.2. The molecule has 3 aromatic heterocycles. The van der Waals surface area contributed by atoms with Gasteiger partial charge in [0.1, 0.15) is 17.5 Å². The van der Waals surface area contributed by atoms with Crippen molar-refractivity contribution in [1.82, 2.24) is 15.0 Å². The molecule has 1 saturated heterocycles. The highest BCUT2D eigenvalue weighted by atomic mass is 16.3. The molecule has 2 N–H and O–H groups in total. The molecule has 0 bridgehead atoms. The van der Waals surface area contributed by atoms with E-state index in [2.05, 4.69) is 51.6 Å². The fraction of sp³-hybridized carbons (Fsp3) is 0.286. The van der Waals surface area contributed by atoms with E-state index in [1.165, 1.54) is 18.4 Å². The van der Waals surface area contributed by atoms with Crippen LogP contribution in [0.4, 0.5) is 17.5 Å². The minimum Gasteiger partial charge on any atom is -0.394 e. The van der Waals surface area contributed by atoms with Gasteiger partial charge in [0.2, 0.25) is 0 Å². The lowest BCUT2D eigenvalue weighted by atomic mass is 10.0. The van der Waals surface area contributed by atoms with Crippen LogP contribution in [-0.2, 0) is 0 Å². The Balaban J connectivity index is 1.42. The fourth-order valence-corrected chi connectivity index (χ4v) is 4.96. The van der Waals surface area contributed by atoms with Gasteiger partial charge in [-0.05, 0) is 78.9 Å². The largest absolute Gasteiger partial charge is 0.394 e. The predicted octanol–water partition coefficient (Wildman–Crippen LogP) is 5.15. The summed E-state index contributed by atoms with van der Waals surface area (Å²) in [5.41, 5.74) is 3.74. The summed E-state index contributed by atoms with van der Waals surface area (Å²) < 4.78 is 0. The van der Waals surface area contributed by atoms with Crippen molar-refractivity contribution >= 4 is 28.2 Å². The van der Waals surface area contributed by atoms with Gasteiger partial charge < -0.3 is 15.3 Å². The minimum atomic E-state index is 0.112. The van der Waals surface area contributed by atoms with E-state index in [0.717, 1.165) is 53.1 Å². The van der Waals surface area contributed by atoms with E-state index in [0.29, 0.717) is 17.3 Å². The summed E-state index contributed by atoms with van der Waals surface area (Å²) in [4.78, 5) is 16.2. The zero-order valence-corrected chi connectivity index (χ0v) is 19.4. The molecule has 4 aromatic rings. The molecule has 6 rings (SSSR count). The van der Waals surface area contributed by atoms with Gasteiger partial charge in [-0.15, -0.1) is 0 Å². The number of aromatic nitrogens is 3. The van der Waals surface area contributed by atoms with Crippen molar-refractivity contribution in [2.45, 2.75) is 37.6 Å². The number of aliphatic hydroxyl groups is 1. The first kappa shape index (κ1) is 21.5. The van der Waals surface area contributed by atoms with Gasteiger partial charge >= 0.3 is 0 Å². The second kappa shape index (κ2) is 8.97. The topological polar surface area (TPSA) is 98.0 Å². The van der Waals surface area contributed by atoms with Crippen molar-refractivity contribution in [2.75, 3.05) is 23.4 Å². The van der Waals surface area contributed by atoms with Crippen molar-refractivity contribution in [3.05, 3.63) is 72.1 Å². The highest BCUT2D eigenvalue weighted by molar-refractivity contribution is 5.95. The Labute approximate surface area is 204 Å². The maximum Gasteiger partial charge on any atom is 0.136 e. The Hall–Kier alpha value is -4.02. The molecule has 0 amide bonds. The van der Waals surface area contributed by atoms with Gasteiger partial charge in [-0.25, -0.2) is 15.0 Å². The van der Waals surface area contributed by atoms with E-state index < -0.39 is 0 Å². The lowest BCUT2D eigenvalue weighted by Crippen LogP contribution is -2.32. The molecule has 7 nitrogen and oxygen atoms in total. The zero-order chi connectivity index (χ0) is 23.8. The summed E-state index contributed by atoms with van der Waals surface area (Å²) in [6, 6.07) is 18.4. The number of hydrogen-bond acceptors (Lipinski definition) is 7. The summed E-state index contributed by atoms with van der Waals surface area (Å²) in [5.74, 6) is 2.81. The maximum atomic E-state index is 9.87. The van der Waals surface area contributed by atoms with Gasteiger partial charge in [-0.2, -0.15) is 5.26 Å². The van der Waals surface area contributed by atoms with Gasteiger partial charge in [-0.1, -0.05) is 12.1 Å². The molecule has 1 aliphatic carbocycles. The van der Waals surface area contributed by atoms with Crippen LogP contribution < -0.4 is 10.2 Å². The SMILES string of the molecule is N#Cc1ccnc(Nc2cc(C3CC3)cc(-c3ccc4ccnc(N5CCC[C@H]5CO)c4c3)n2)c1. The van der Waals surface area contributed by atoms with Crippen LogP contribution in [0.3, 0.4) is 0 Å². The quantitative estimate of drug-likeness (QED) is 0.409. The van der Waals surface area contributed by atoms with E-state index in [1.807, 2.05) is 12.3 Å². The minimum absolute atomic E-state index is 0.112. The second-order valence-electron chi connectivity index (χ2n) is 9.35. The average molecular weight is 463 g/mol. The lowest BCUT2D eigenvalue weighted by Gasteiger charge is -2.25. The molecule has 0 spiro atoms. The summed E-state index contributed by atoms with van der Waals surface area (Å²) in [5, 5.41) is 24.6. The molecule has 1 atom stereocenters. The lowest BCUT2D eigenvalue weighted by molar-refractivity contribution is 0.266. The van der Waals surface area contributed by atoms with Crippen LogP contribution in [0.15, 0.2) is 60.9 Å². The number of nitrogens with zero attached hydrogens (tertiary/aromatic N) is 5. The molecule has 1 saturated carbocycles. The number of aliphatic hydroxyl groups excluding tert-OH is 1. The summed E-state index contributed by atoms with van der Waals surface area (Å²) in [7, 11) is 0. The third-order valence-corrected chi connectivity index (χ3v) is 6.94. The van der Waals surface area contributed by atoms with Gasteiger partial charge in [0.15, 0.2) is 0 Å². The number of anilines is 3. The third kappa shape index (κ3) is 4.29. The van der Waals surface area contributed by atoms with Crippen LogP contribution in [0.1, 0.15) is 42.7 Å². The standard InChI is InChI=1S/C28H26N6O/c29-16-18-7-9-30-26(12-18)33-27-15-22(19-3-4-19)14-25(32-27)21-6-5-20-8-10-31-28(24(20)13-21)34-11-1-2-23(34)17-35/h5-10,12-15,19,23,35H,1-4,11,17H2,(H,30,32,33)/t23-/m0/s1. The van der Waals surface area contributed by atoms with Gasteiger partial charge in [0.05, 0.1) is 30.0 Å². The van der Waals surface area contributed by atoms with Gasteiger partial charge in [0.25, 0.3) is 0 Å². The molecule has 35 heavy (non-hydrogen) atoms. The molecule has 2 aliphatic rings. The van der Waals surface area contributed by atoms with Crippen molar-refractivity contribution in [1.29, 1.82) is 5.26 Å². The Morgan fingerprint density at radius 3 is 2.71 bits per heavy atom. The van der Waals surface area contributed by atoms with Crippen LogP contribution in [0.5, 0.6) is 0 Å². The number of pyridine rings is 3. The highest BCUT2D eigenvalue weighted by Gasteiger charge is 2.27. The fourth-order valence-electron chi connectivity index (χ4n) is 4.96. The van der Waals surface area contributed by atoms with Crippen LogP contribution in [0.25, 0.3) is 22.0 Å². The van der Waals surface area contributed by atoms with Crippen LogP contribution in [0.2, 0.25) is 0 Å². The highest BCUT2D eigenvalue weighted by Crippen LogP contribution is 2.42. The second-order valence-corrected chi connectivity index (χ2v) is 9.35. The Morgan fingerprint density at radius 1 is 1.00 bits per heavy atom. The zero-order valence-electron chi connectivity index (χ0n) is 19.4. The number of fused-ring (bicyclic) bond motifs is 1. The van der Waals surface area contributed by atoms with Crippen LogP contribution in [-0.4, -0.2) is 39.3 Å². The van der Waals surface area contributed by atoms with E-state index >= 15 is 0 Å². The smallest absolute Gasteiger partial charge is 0.136 e. The summed E-state index contributed by atoms with van der Waals surface area (Å²) in [6.07, 6.45) is 7.89. The molecule has 0 radical (unpaired) electrons. The molecule has 7 heteroatoms. The van der Waals surface area contributed by atoms with Crippen molar-refractivity contribution in [2.24, 2.45) is 0 Å². The van der Waals surface area contributed by atoms with Gasteiger partial charge in [-0.3, -0.25) is 0 Å². The van der Waals surface area contributed by atoms with Crippen molar-refractivity contribution < 1.29 is 5.11 Å². The van der Waals surface area contributed by atoms with Crippen molar-refractivity contribution in [3.8, 4) is 17.3 Å². The van der Waals surface area contributed by atoms with E-state index in [9.17, 15) is 10.4 Å².